The Balaban J connectivity index is 2.07. The van der Waals surface area contributed by atoms with Gasteiger partial charge in [0.1, 0.15) is 5.76 Å². The number of hydrogen-bond acceptors (Lipinski definition) is 10. The second kappa shape index (κ2) is 10.7. The van der Waals surface area contributed by atoms with Crippen LogP contribution in [0.2, 0.25) is 0 Å². The maximum Gasteiger partial charge on any atom is 0.338 e. The summed E-state index contributed by atoms with van der Waals surface area (Å²) in [6.07, 6.45) is 0. The lowest BCUT2D eigenvalue weighted by atomic mass is 9.97. The molecule has 40 heavy (non-hydrogen) atoms. The van der Waals surface area contributed by atoms with Crippen LogP contribution in [-0.4, -0.2) is 37.2 Å². The monoisotopic (exact) mass is 592 g/mol. The van der Waals surface area contributed by atoms with Crippen molar-refractivity contribution in [2.24, 2.45) is 10.8 Å². The van der Waals surface area contributed by atoms with Gasteiger partial charge in [0, 0.05) is 12.5 Å². The number of hydroxylamine groups is 1. The molecule has 0 saturated carbocycles. The number of hydrogen-bond donors (Lipinski definition) is 2. The van der Waals surface area contributed by atoms with Crippen LogP contribution in [0.4, 0.5) is 16.5 Å². The van der Waals surface area contributed by atoms with E-state index in [0.29, 0.717) is 0 Å². The van der Waals surface area contributed by atoms with Crippen molar-refractivity contribution in [3.63, 3.8) is 0 Å². The number of anilines is 3. The molecule has 0 atom stereocenters. The lowest BCUT2D eigenvalue weighted by Gasteiger charge is -2.22. The van der Waals surface area contributed by atoms with Crippen LogP contribution in [0.5, 0.6) is 0 Å². The van der Waals surface area contributed by atoms with E-state index in [4.69, 9.17) is 9.57 Å². The third kappa shape index (κ3) is 6.50. The number of benzene rings is 1. The van der Waals surface area contributed by atoms with Crippen molar-refractivity contribution < 1.29 is 37.2 Å². The number of fused-ring (bicyclic) bond motifs is 1. The predicted molar refractivity (Wildman–Crippen MR) is 150 cm³/mol. The Bertz CT molecular complexity index is 1540. The highest BCUT2D eigenvalue weighted by molar-refractivity contribution is 7.94. The van der Waals surface area contributed by atoms with Crippen LogP contribution in [0.25, 0.3) is 5.57 Å². The molecular weight excluding hydrogens is 560 g/mol. The molecule has 0 unspecified atom stereocenters. The number of nitrogens with one attached hydrogen (secondary N) is 2. The molecule has 2 heterocycles. The van der Waals surface area contributed by atoms with E-state index in [1.807, 2.05) is 0 Å². The number of ether oxygens (including phenoxy) is 1. The molecule has 1 aliphatic heterocycles. The molecule has 0 fully saturated rings. The van der Waals surface area contributed by atoms with Crippen LogP contribution in [0, 0.1) is 17.8 Å². The largest absolute Gasteiger partial charge is 0.430 e. The number of thiazole rings is 1. The minimum absolute atomic E-state index is 0.000371. The number of amides is 2. The quantitative estimate of drug-likeness (QED) is 0.282. The Morgan fingerprint density at radius 3 is 2.15 bits per heavy atom. The molecule has 12 nitrogen and oxygen atoms in total. The number of sulfonamides is 1. The number of esters is 1. The average molecular weight is 593 g/mol. The first kappa shape index (κ1) is 30.8. The fourth-order valence-corrected chi connectivity index (χ4v) is 5.84. The van der Waals surface area contributed by atoms with Gasteiger partial charge in [-0.1, -0.05) is 11.3 Å². The minimum atomic E-state index is -4.15. The molecule has 1 aromatic heterocycles. The van der Waals surface area contributed by atoms with E-state index >= 15 is 0 Å². The topological polar surface area (TPSA) is 161 Å². The van der Waals surface area contributed by atoms with Gasteiger partial charge in [-0.25, -0.2) is 18.2 Å². The van der Waals surface area contributed by atoms with Gasteiger partial charge in [0.25, 0.3) is 15.9 Å². The summed E-state index contributed by atoms with van der Waals surface area (Å²) in [5.74, 6) is -2.44. The first-order valence-electron chi connectivity index (χ1n) is 12.1. The Hall–Kier alpha value is -3.78. The van der Waals surface area contributed by atoms with E-state index in [0.717, 1.165) is 16.4 Å². The van der Waals surface area contributed by atoms with Crippen LogP contribution in [0.1, 0.15) is 66.6 Å². The number of aromatic nitrogens is 1. The van der Waals surface area contributed by atoms with E-state index in [1.165, 1.54) is 39.0 Å². The number of aryl methyl sites for hydroxylation is 1. The highest BCUT2D eigenvalue weighted by Crippen LogP contribution is 2.42. The van der Waals surface area contributed by atoms with E-state index in [9.17, 15) is 27.6 Å². The van der Waals surface area contributed by atoms with Gasteiger partial charge in [-0.15, -0.1) is 5.06 Å². The maximum atomic E-state index is 13.5. The average Bonchev–Trinajstić information content (AvgIpc) is 3.28. The number of carbonyl (C=O) groups is 4. The molecule has 0 saturated heterocycles. The van der Waals surface area contributed by atoms with Gasteiger partial charge in [-0.05, 0) is 73.6 Å². The summed E-state index contributed by atoms with van der Waals surface area (Å²) in [5, 5.41) is 3.34. The molecule has 3 rings (SSSR count). The van der Waals surface area contributed by atoms with Gasteiger partial charge < -0.3 is 14.9 Å². The maximum absolute atomic E-state index is 13.5. The molecule has 0 aliphatic carbocycles. The van der Waals surface area contributed by atoms with Crippen molar-refractivity contribution in [1.29, 1.82) is 0 Å². The molecule has 1 aromatic carbocycles. The van der Waals surface area contributed by atoms with Crippen molar-refractivity contribution in [1.82, 2.24) is 4.98 Å². The van der Waals surface area contributed by atoms with Crippen molar-refractivity contribution >= 4 is 67.2 Å². The van der Waals surface area contributed by atoms with Crippen molar-refractivity contribution in [2.45, 2.75) is 66.5 Å². The van der Waals surface area contributed by atoms with Gasteiger partial charge in [0.05, 0.1) is 33.5 Å². The Labute approximate surface area is 236 Å². The molecule has 2 N–H and O–H groups in total. The first-order chi connectivity index (χ1) is 18.2. The molecule has 1 aliphatic rings. The minimum Gasteiger partial charge on any atom is -0.430 e. The zero-order chi connectivity index (χ0) is 30.4. The molecule has 14 heteroatoms. The molecule has 216 valence electrons. The van der Waals surface area contributed by atoms with Crippen molar-refractivity contribution in [3.05, 3.63) is 35.2 Å². The number of carbonyl (C=O) groups excluding carboxylic acids is 4. The van der Waals surface area contributed by atoms with Crippen molar-refractivity contribution in [2.75, 3.05) is 15.1 Å². The van der Waals surface area contributed by atoms with Crippen LogP contribution in [0.15, 0.2) is 28.2 Å². The van der Waals surface area contributed by atoms with E-state index in [-0.39, 0.29) is 43.3 Å². The molecule has 0 spiro atoms. The lowest BCUT2D eigenvalue weighted by Crippen LogP contribution is -2.35. The second-order valence-electron chi connectivity index (χ2n) is 11.2. The Morgan fingerprint density at radius 2 is 1.60 bits per heavy atom. The molecule has 2 amide bonds. The summed E-state index contributed by atoms with van der Waals surface area (Å²) in [6, 6.07) is 4.21. The summed E-state index contributed by atoms with van der Waals surface area (Å²) in [7, 11) is -4.15. The lowest BCUT2D eigenvalue weighted by molar-refractivity contribution is -0.157. The fourth-order valence-electron chi connectivity index (χ4n) is 3.33. The SMILES string of the molecule is CC(=O)Nc1nc(C)c(S(=O)(=O)Nc2ccc3c(c2)N(OC(=O)C(C)(C)C)C(=O)/C3=C(/C)OC(=O)C(C)(C)C)s1. The van der Waals surface area contributed by atoms with Crippen LogP contribution in [-0.2, 0) is 38.8 Å². The number of rotatable bonds is 6. The second-order valence-corrected chi connectivity index (χ2v) is 14.1. The van der Waals surface area contributed by atoms with Gasteiger partial charge in [0.2, 0.25) is 5.91 Å². The zero-order valence-electron chi connectivity index (χ0n) is 23.7. The van der Waals surface area contributed by atoms with Gasteiger partial charge in [-0.2, -0.15) is 0 Å². The normalized spacial score (nSPS) is 14.9. The number of nitrogens with zero attached hydrogens (tertiary/aromatic N) is 2. The summed E-state index contributed by atoms with van der Waals surface area (Å²) in [5.41, 5.74) is -1.24. The summed E-state index contributed by atoms with van der Waals surface area (Å²) >= 11 is 0.780. The standard InChI is InChI=1S/C26H32N4O8S2/c1-13-21(39-24(27-13)28-15(3)31)40(35,36)29-16-10-11-17-18(12-16)30(38-23(34)26(7,8)9)20(32)19(17)14(2)37-22(33)25(4,5)6/h10-12,29H,1-9H3,(H,27,28,31)/b19-14-. The van der Waals surface area contributed by atoms with E-state index in [1.54, 1.807) is 41.5 Å². The molecular formula is C26H32N4O8S2. The highest BCUT2D eigenvalue weighted by Gasteiger charge is 2.41. The van der Waals surface area contributed by atoms with Crippen LogP contribution >= 0.6 is 11.3 Å². The molecule has 0 radical (unpaired) electrons. The van der Waals surface area contributed by atoms with Crippen molar-refractivity contribution in [3.8, 4) is 0 Å². The first-order valence-corrected chi connectivity index (χ1v) is 14.4. The summed E-state index contributed by atoms with van der Waals surface area (Å²) < 4.78 is 34.1. The van der Waals surface area contributed by atoms with Crippen LogP contribution < -0.4 is 15.1 Å². The van der Waals surface area contributed by atoms with Gasteiger partial charge >= 0.3 is 11.9 Å². The number of allylic oxidation sites excluding steroid dienone is 1. The summed E-state index contributed by atoms with van der Waals surface area (Å²) in [6.45, 7) is 14.0. The van der Waals surface area contributed by atoms with E-state index in [2.05, 4.69) is 15.0 Å². The highest BCUT2D eigenvalue weighted by atomic mass is 32.2. The smallest absolute Gasteiger partial charge is 0.338 e. The fraction of sp³-hybridized carbons (Fsp3) is 0.423. The predicted octanol–water partition coefficient (Wildman–Crippen LogP) is 4.38. The van der Waals surface area contributed by atoms with Gasteiger partial charge in [0.15, 0.2) is 9.34 Å². The van der Waals surface area contributed by atoms with E-state index < -0.39 is 44.6 Å². The molecule has 2 aromatic rings. The zero-order valence-corrected chi connectivity index (χ0v) is 25.3. The Kier molecular flexibility index (Phi) is 8.19. The third-order valence-corrected chi connectivity index (χ3v) is 8.48. The Morgan fingerprint density at radius 1 is 1.00 bits per heavy atom. The summed E-state index contributed by atoms with van der Waals surface area (Å²) in [4.78, 5) is 59.6. The van der Waals surface area contributed by atoms with Crippen LogP contribution in [0.3, 0.4) is 0 Å². The molecule has 0 bridgehead atoms. The van der Waals surface area contributed by atoms with Gasteiger partial charge in [-0.3, -0.25) is 19.1 Å². The third-order valence-electron chi connectivity index (χ3n) is 5.41.